The van der Waals surface area contributed by atoms with Crippen LogP contribution in [0.4, 0.5) is 0 Å². The van der Waals surface area contributed by atoms with Gasteiger partial charge in [0, 0.05) is 31.1 Å². The summed E-state index contributed by atoms with van der Waals surface area (Å²) in [6.07, 6.45) is 1.93. The average Bonchev–Trinajstić information content (AvgIpc) is 3.28. The first kappa shape index (κ1) is 16.9. The van der Waals surface area contributed by atoms with Crippen LogP contribution in [-0.4, -0.2) is 47.8 Å². The number of hydrogen-bond acceptors (Lipinski definition) is 5. The number of nitrogens with zero attached hydrogens (tertiary/aromatic N) is 1. The van der Waals surface area contributed by atoms with Crippen molar-refractivity contribution < 1.29 is 14.4 Å². The summed E-state index contributed by atoms with van der Waals surface area (Å²) in [4.78, 5) is 37.9. The van der Waals surface area contributed by atoms with Crippen LogP contribution < -0.4 is 16.0 Å². The lowest BCUT2D eigenvalue weighted by atomic mass is 9.97. The average molecular weight is 368 g/mol. The van der Waals surface area contributed by atoms with Crippen LogP contribution >= 0.6 is 0 Å². The predicted molar refractivity (Wildman–Crippen MR) is 97.6 cm³/mol. The van der Waals surface area contributed by atoms with Gasteiger partial charge < -0.3 is 15.5 Å². The summed E-state index contributed by atoms with van der Waals surface area (Å²) in [5.41, 5.74) is 2.75. The van der Waals surface area contributed by atoms with Crippen LogP contribution in [0.5, 0.6) is 0 Å². The zero-order valence-electron chi connectivity index (χ0n) is 15.2. The Balaban J connectivity index is 1.23. The lowest BCUT2D eigenvalue weighted by Gasteiger charge is -2.29. The third-order valence-electron chi connectivity index (χ3n) is 6.42. The Morgan fingerprint density at radius 2 is 2.04 bits per heavy atom. The highest BCUT2D eigenvalue weighted by Crippen LogP contribution is 2.39. The second kappa shape index (κ2) is 6.42. The molecule has 3 fully saturated rings. The normalized spacial score (nSPS) is 30.1. The van der Waals surface area contributed by atoms with E-state index in [1.54, 1.807) is 4.90 Å². The second-order valence-corrected chi connectivity index (χ2v) is 8.20. The SMILES string of the molecule is O=C1CCC(N2Cc3ccc(CN[C@@H]4C[C@H]4C4CNC4)cc3C2=O)C(=O)N1. The number of imide groups is 1. The molecular formula is C20H24N4O3. The van der Waals surface area contributed by atoms with Crippen LogP contribution in [0.1, 0.15) is 40.7 Å². The fourth-order valence-corrected chi connectivity index (χ4v) is 4.54. The van der Waals surface area contributed by atoms with Crippen LogP contribution in [0, 0.1) is 11.8 Å². The molecule has 7 heteroatoms. The first-order valence-electron chi connectivity index (χ1n) is 9.81. The first-order valence-corrected chi connectivity index (χ1v) is 9.81. The molecule has 1 saturated carbocycles. The molecule has 0 bridgehead atoms. The molecule has 2 saturated heterocycles. The van der Waals surface area contributed by atoms with Gasteiger partial charge in [-0.3, -0.25) is 19.7 Å². The van der Waals surface area contributed by atoms with Gasteiger partial charge in [0.05, 0.1) is 0 Å². The molecule has 3 N–H and O–H groups in total. The minimum Gasteiger partial charge on any atom is -0.322 e. The maximum Gasteiger partial charge on any atom is 0.255 e. The van der Waals surface area contributed by atoms with E-state index in [2.05, 4.69) is 22.0 Å². The lowest BCUT2D eigenvalue weighted by molar-refractivity contribution is -0.136. The second-order valence-electron chi connectivity index (χ2n) is 8.20. The highest BCUT2D eigenvalue weighted by Gasteiger charge is 2.44. The van der Waals surface area contributed by atoms with E-state index in [1.807, 2.05) is 12.1 Å². The largest absolute Gasteiger partial charge is 0.322 e. The van der Waals surface area contributed by atoms with Crippen molar-refractivity contribution in [2.24, 2.45) is 11.8 Å². The summed E-state index contributed by atoms with van der Waals surface area (Å²) < 4.78 is 0. The molecular weight excluding hydrogens is 344 g/mol. The summed E-state index contributed by atoms with van der Waals surface area (Å²) in [7, 11) is 0. The van der Waals surface area contributed by atoms with Gasteiger partial charge in [-0.1, -0.05) is 12.1 Å². The molecule has 0 radical (unpaired) electrons. The predicted octanol–water partition coefficient (Wildman–Crippen LogP) is 0.145. The molecule has 142 valence electrons. The van der Waals surface area contributed by atoms with E-state index in [1.165, 1.54) is 6.42 Å². The molecule has 3 atom stereocenters. The molecule has 3 aliphatic heterocycles. The zero-order chi connectivity index (χ0) is 18.5. The summed E-state index contributed by atoms with van der Waals surface area (Å²) in [5, 5.41) is 9.28. The molecule has 1 unspecified atom stereocenters. The third-order valence-corrected chi connectivity index (χ3v) is 6.42. The summed E-state index contributed by atoms with van der Waals surface area (Å²) in [5.74, 6) is 0.895. The van der Waals surface area contributed by atoms with Gasteiger partial charge >= 0.3 is 0 Å². The molecule has 3 heterocycles. The fraction of sp³-hybridized carbons (Fsp3) is 0.550. The minimum atomic E-state index is -0.549. The van der Waals surface area contributed by atoms with Crippen molar-refractivity contribution in [1.82, 2.24) is 20.9 Å². The molecule has 4 aliphatic rings. The summed E-state index contributed by atoms with van der Waals surface area (Å²) in [6, 6.07) is 6.07. The van der Waals surface area contributed by atoms with Crippen molar-refractivity contribution in [3.63, 3.8) is 0 Å². The zero-order valence-corrected chi connectivity index (χ0v) is 15.2. The Morgan fingerprint density at radius 3 is 2.78 bits per heavy atom. The van der Waals surface area contributed by atoms with Crippen molar-refractivity contribution in [3.8, 4) is 0 Å². The monoisotopic (exact) mass is 368 g/mol. The molecule has 1 aromatic carbocycles. The van der Waals surface area contributed by atoms with E-state index < -0.39 is 6.04 Å². The van der Waals surface area contributed by atoms with Crippen molar-refractivity contribution in [2.45, 2.75) is 44.4 Å². The van der Waals surface area contributed by atoms with Crippen LogP contribution in [0.3, 0.4) is 0 Å². The van der Waals surface area contributed by atoms with Gasteiger partial charge in [-0.15, -0.1) is 0 Å². The summed E-state index contributed by atoms with van der Waals surface area (Å²) in [6.45, 7) is 3.49. The van der Waals surface area contributed by atoms with Gasteiger partial charge in [0.1, 0.15) is 6.04 Å². The number of hydrogen-bond donors (Lipinski definition) is 3. The van der Waals surface area contributed by atoms with Crippen LogP contribution in [-0.2, 0) is 22.7 Å². The molecule has 27 heavy (non-hydrogen) atoms. The van der Waals surface area contributed by atoms with Crippen molar-refractivity contribution in [1.29, 1.82) is 0 Å². The maximum absolute atomic E-state index is 12.8. The number of amides is 3. The van der Waals surface area contributed by atoms with E-state index in [9.17, 15) is 14.4 Å². The molecule has 0 aromatic heterocycles. The first-order chi connectivity index (χ1) is 13.1. The minimum absolute atomic E-state index is 0.105. The highest BCUT2D eigenvalue weighted by atomic mass is 16.2. The van der Waals surface area contributed by atoms with Crippen LogP contribution in [0.15, 0.2) is 18.2 Å². The molecule has 1 aliphatic carbocycles. The van der Waals surface area contributed by atoms with Crippen molar-refractivity contribution in [2.75, 3.05) is 13.1 Å². The van der Waals surface area contributed by atoms with Crippen molar-refractivity contribution >= 4 is 17.7 Å². The number of fused-ring (bicyclic) bond motifs is 1. The standard InChI is InChI=1S/C20H24N4O3/c25-18-4-3-17(19(26)23-18)24-10-12-2-1-11(5-15(12)20(24)27)7-22-16-6-14(16)13-8-21-9-13/h1-2,5,13-14,16-17,21-22H,3-4,6-10H2,(H,23,25,26)/t14-,16+,17?/m0/s1. The van der Waals surface area contributed by atoms with Gasteiger partial charge in [-0.05, 0) is 55.0 Å². The number of benzene rings is 1. The quantitative estimate of drug-likeness (QED) is 0.644. The van der Waals surface area contributed by atoms with Gasteiger partial charge in [0.15, 0.2) is 0 Å². The van der Waals surface area contributed by atoms with Gasteiger partial charge in [-0.25, -0.2) is 0 Å². The van der Waals surface area contributed by atoms with Crippen LogP contribution in [0.25, 0.3) is 0 Å². The van der Waals surface area contributed by atoms with E-state index in [0.29, 0.717) is 24.6 Å². The van der Waals surface area contributed by atoms with E-state index >= 15 is 0 Å². The maximum atomic E-state index is 12.8. The molecule has 7 nitrogen and oxygen atoms in total. The van der Waals surface area contributed by atoms with Gasteiger partial charge in [-0.2, -0.15) is 0 Å². The Kier molecular flexibility index (Phi) is 4.02. The van der Waals surface area contributed by atoms with Gasteiger partial charge in [0.25, 0.3) is 5.91 Å². The molecule has 5 rings (SSSR count). The number of piperidine rings is 1. The number of nitrogens with one attached hydrogen (secondary N) is 3. The Morgan fingerprint density at radius 1 is 1.19 bits per heavy atom. The molecule has 1 aromatic rings. The van der Waals surface area contributed by atoms with E-state index in [0.717, 1.165) is 42.6 Å². The Labute approximate surface area is 157 Å². The number of carbonyl (C=O) groups is 3. The highest BCUT2D eigenvalue weighted by molar-refractivity contribution is 6.05. The Bertz CT molecular complexity index is 819. The molecule has 0 spiro atoms. The van der Waals surface area contributed by atoms with Crippen molar-refractivity contribution in [3.05, 3.63) is 34.9 Å². The van der Waals surface area contributed by atoms with Gasteiger partial charge in [0.2, 0.25) is 11.8 Å². The Hall–Kier alpha value is -2.25. The third kappa shape index (κ3) is 3.04. The number of carbonyl (C=O) groups excluding carboxylic acids is 3. The smallest absolute Gasteiger partial charge is 0.255 e. The number of rotatable bonds is 5. The van der Waals surface area contributed by atoms with E-state index in [-0.39, 0.29) is 24.1 Å². The summed E-state index contributed by atoms with van der Waals surface area (Å²) >= 11 is 0. The fourth-order valence-electron chi connectivity index (χ4n) is 4.54. The molecule has 3 amide bonds. The lowest BCUT2D eigenvalue weighted by Crippen LogP contribution is -2.52. The van der Waals surface area contributed by atoms with Crippen LogP contribution in [0.2, 0.25) is 0 Å². The van der Waals surface area contributed by atoms with E-state index in [4.69, 9.17) is 0 Å². The topological polar surface area (TPSA) is 90.5 Å².